The van der Waals surface area contributed by atoms with Gasteiger partial charge in [0, 0.05) is 18.8 Å². The van der Waals surface area contributed by atoms with Crippen molar-refractivity contribution in [1.29, 1.82) is 0 Å². The molecule has 13 heavy (non-hydrogen) atoms. The zero-order valence-corrected chi connectivity index (χ0v) is 8.30. The lowest BCUT2D eigenvalue weighted by atomic mass is 10.0. The standard InChI is InChI=1S/C12H15N/c1-9(2)11-5-4-6-12(10(11)3)13-7-8-13/h4-6H,1,7-8H2,2-3H3. The number of benzene rings is 1. The van der Waals surface area contributed by atoms with Gasteiger partial charge in [-0.05, 0) is 31.0 Å². The van der Waals surface area contributed by atoms with Gasteiger partial charge in [-0.3, -0.25) is 0 Å². The first-order valence-corrected chi connectivity index (χ1v) is 4.70. The monoisotopic (exact) mass is 173 g/mol. The molecule has 1 saturated heterocycles. The number of rotatable bonds is 2. The molecule has 1 fully saturated rings. The zero-order chi connectivity index (χ0) is 9.42. The molecule has 0 bridgehead atoms. The molecular formula is C12H15N. The van der Waals surface area contributed by atoms with Crippen molar-refractivity contribution in [2.75, 3.05) is 18.0 Å². The van der Waals surface area contributed by atoms with Gasteiger partial charge in [0.05, 0.1) is 0 Å². The third-order valence-electron chi connectivity index (χ3n) is 2.55. The van der Waals surface area contributed by atoms with Gasteiger partial charge in [-0.25, -0.2) is 0 Å². The minimum atomic E-state index is 1.15. The Balaban J connectivity index is 2.47. The molecule has 1 nitrogen and oxygen atoms in total. The summed E-state index contributed by atoms with van der Waals surface area (Å²) < 4.78 is 0. The Labute approximate surface area is 79.7 Å². The van der Waals surface area contributed by atoms with E-state index in [4.69, 9.17) is 0 Å². The highest BCUT2D eigenvalue weighted by atomic mass is 15.3. The SMILES string of the molecule is C=C(C)c1cccc(N2CC2)c1C. The van der Waals surface area contributed by atoms with Gasteiger partial charge >= 0.3 is 0 Å². The molecule has 1 aliphatic rings. The third-order valence-corrected chi connectivity index (χ3v) is 2.55. The quantitative estimate of drug-likeness (QED) is 0.621. The summed E-state index contributed by atoms with van der Waals surface area (Å²) in [4.78, 5) is 2.38. The van der Waals surface area contributed by atoms with Crippen LogP contribution in [0, 0.1) is 6.92 Å². The summed E-state index contributed by atoms with van der Waals surface area (Å²) in [5.74, 6) is 0. The smallest absolute Gasteiger partial charge is 0.0403 e. The van der Waals surface area contributed by atoms with Crippen LogP contribution in [-0.4, -0.2) is 13.1 Å². The molecule has 0 unspecified atom stereocenters. The summed E-state index contributed by atoms with van der Waals surface area (Å²) in [5.41, 5.74) is 5.19. The van der Waals surface area contributed by atoms with E-state index in [-0.39, 0.29) is 0 Å². The second kappa shape index (κ2) is 2.91. The van der Waals surface area contributed by atoms with E-state index in [0.717, 1.165) is 5.57 Å². The molecule has 0 aliphatic carbocycles. The van der Waals surface area contributed by atoms with E-state index < -0.39 is 0 Å². The molecule has 1 aromatic rings. The Hall–Kier alpha value is -1.24. The van der Waals surface area contributed by atoms with E-state index in [1.807, 2.05) is 0 Å². The molecule has 0 amide bonds. The van der Waals surface area contributed by atoms with E-state index in [1.165, 1.54) is 29.9 Å². The van der Waals surface area contributed by atoms with Crippen molar-refractivity contribution < 1.29 is 0 Å². The molecule has 0 atom stereocenters. The van der Waals surface area contributed by atoms with Crippen molar-refractivity contribution in [2.24, 2.45) is 0 Å². The van der Waals surface area contributed by atoms with Gasteiger partial charge < -0.3 is 4.90 Å². The molecule has 0 aromatic heterocycles. The molecule has 0 spiro atoms. The number of anilines is 1. The largest absolute Gasteiger partial charge is 0.368 e. The van der Waals surface area contributed by atoms with Crippen molar-refractivity contribution in [3.8, 4) is 0 Å². The van der Waals surface area contributed by atoms with Crippen LogP contribution in [-0.2, 0) is 0 Å². The summed E-state index contributed by atoms with van der Waals surface area (Å²) >= 11 is 0. The maximum absolute atomic E-state index is 3.99. The summed E-state index contributed by atoms with van der Waals surface area (Å²) in [6, 6.07) is 6.45. The summed E-state index contributed by atoms with van der Waals surface area (Å²) in [7, 11) is 0. The van der Waals surface area contributed by atoms with Crippen molar-refractivity contribution in [1.82, 2.24) is 0 Å². The summed E-state index contributed by atoms with van der Waals surface area (Å²) in [6.45, 7) is 10.6. The van der Waals surface area contributed by atoms with Crippen LogP contribution in [0.1, 0.15) is 18.1 Å². The first-order chi connectivity index (χ1) is 6.20. The Kier molecular flexibility index (Phi) is 1.87. The molecule has 68 valence electrons. The first-order valence-electron chi connectivity index (χ1n) is 4.70. The van der Waals surface area contributed by atoms with Crippen LogP contribution in [0.4, 0.5) is 5.69 Å². The highest BCUT2D eigenvalue weighted by molar-refractivity contribution is 5.72. The molecular weight excluding hydrogens is 158 g/mol. The second-order valence-electron chi connectivity index (χ2n) is 3.72. The predicted molar refractivity (Wildman–Crippen MR) is 58.1 cm³/mol. The first kappa shape index (κ1) is 8.36. The topological polar surface area (TPSA) is 3.01 Å². The Bertz CT molecular complexity index is 348. The molecule has 0 N–H and O–H groups in total. The van der Waals surface area contributed by atoms with E-state index in [0.29, 0.717) is 0 Å². The van der Waals surface area contributed by atoms with E-state index in [2.05, 4.69) is 43.5 Å². The van der Waals surface area contributed by atoms with Gasteiger partial charge in [-0.1, -0.05) is 24.3 Å². The van der Waals surface area contributed by atoms with Gasteiger partial charge in [-0.2, -0.15) is 0 Å². The molecule has 0 radical (unpaired) electrons. The maximum atomic E-state index is 3.99. The Morgan fingerprint density at radius 2 is 2.08 bits per heavy atom. The molecule has 1 heteroatoms. The van der Waals surface area contributed by atoms with Crippen LogP contribution < -0.4 is 4.90 Å². The number of allylic oxidation sites excluding steroid dienone is 1. The molecule has 0 saturated carbocycles. The fraction of sp³-hybridized carbons (Fsp3) is 0.333. The number of hydrogen-bond acceptors (Lipinski definition) is 1. The van der Waals surface area contributed by atoms with Gasteiger partial charge in [0.25, 0.3) is 0 Å². The minimum Gasteiger partial charge on any atom is -0.368 e. The Morgan fingerprint density at radius 3 is 2.62 bits per heavy atom. The van der Waals surface area contributed by atoms with Crippen LogP contribution in [0.25, 0.3) is 5.57 Å². The fourth-order valence-electron chi connectivity index (χ4n) is 1.72. The number of hydrogen-bond donors (Lipinski definition) is 0. The van der Waals surface area contributed by atoms with Crippen LogP contribution >= 0.6 is 0 Å². The van der Waals surface area contributed by atoms with Crippen molar-refractivity contribution in [2.45, 2.75) is 13.8 Å². The van der Waals surface area contributed by atoms with Crippen molar-refractivity contribution in [3.05, 3.63) is 35.9 Å². The maximum Gasteiger partial charge on any atom is 0.0403 e. The lowest BCUT2D eigenvalue weighted by Crippen LogP contribution is -1.96. The van der Waals surface area contributed by atoms with Gasteiger partial charge in [0.15, 0.2) is 0 Å². The lowest BCUT2D eigenvalue weighted by Gasteiger charge is -2.11. The van der Waals surface area contributed by atoms with E-state index >= 15 is 0 Å². The minimum absolute atomic E-state index is 1.15. The van der Waals surface area contributed by atoms with Gasteiger partial charge in [0.2, 0.25) is 0 Å². The lowest BCUT2D eigenvalue weighted by molar-refractivity contribution is 1.31. The van der Waals surface area contributed by atoms with E-state index in [1.54, 1.807) is 0 Å². The number of nitrogens with zero attached hydrogens (tertiary/aromatic N) is 1. The average Bonchev–Trinajstić information content (AvgIpc) is 2.87. The van der Waals surface area contributed by atoms with Crippen LogP contribution in [0.5, 0.6) is 0 Å². The summed E-state index contributed by atoms with van der Waals surface area (Å²) in [5, 5.41) is 0. The molecule has 1 aromatic carbocycles. The third kappa shape index (κ3) is 1.46. The molecule has 2 rings (SSSR count). The van der Waals surface area contributed by atoms with Crippen LogP contribution in [0.15, 0.2) is 24.8 Å². The van der Waals surface area contributed by atoms with Gasteiger partial charge in [0.1, 0.15) is 0 Å². The van der Waals surface area contributed by atoms with E-state index in [9.17, 15) is 0 Å². The Morgan fingerprint density at radius 1 is 1.38 bits per heavy atom. The average molecular weight is 173 g/mol. The van der Waals surface area contributed by atoms with Crippen LogP contribution in [0.3, 0.4) is 0 Å². The highest BCUT2D eigenvalue weighted by Crippen LogP contribution is 2.30. The zero-order valence-electron chi connectivity index (χ0n) is 8.30. The van der Waals surface area contributed by atoms with Crippen molar-refractivity contribution in [3.63, 3.8) is 0 Å². The van der Waals surface area contributed by atoms with Crippen molar-refractivity contribution >= 4 is 11.3 Å². The second-order valence-corrected chi connectivity index (χ2v) is 3.72. The predicted octanol–water partition coefficient (Wildman–Crippen LogP) is 2.85. The molecule has 1 heterocycles. The van der Waals surface area contributed by atoms with Crippen LogP contribution in [0.2, 0.25) is 0 Å². The highest BCUT2D eigenvalue weighted by Gasteiger charge is 2.20. The van der Waals surface area contributed by atoms with Gasteiger partial charge in [-0.15, -0.1) is 0 Å². The summed E-state index contributed by atoms with van der Waals surface area (Å²) in [6.07, 6.45) is 0. The normalized spacial score (nSPS) is 14.5. The molecule has 1 aliphatic heterocycles. The fourth-order valence-corrected chi connectivity index (χ4v) is 1.72.